The molecule has 7 rings (SSSR count). The largest absolute Gasteiger partial charge is 0.298 e. The summed E-state index contributed by atoms with van der Waals surface area (Å²) in [5.74, 6) is -7.99. The summed E-state index contributed by atoms with van der Waals surface area (Å²) in [6, 6.07) is 12.3. The fraction of sp³-hybridized carbons (Fsp3) is 0.312. The Morgan fingerprint density at radius 3 is 2.59 bits per heavy atom. The molecule has 2 aliphatic carbocycles. The first kappa shape index (κ1) is 28.3. The maximum absolute atomic E-state index is 15.1. The number of rotatable bonds is 9. The zero-order chi connectivity index (χ0) is 30.9. The van der Waals surface area contributed by atoms with Crippen LogP contribution in [0.4, 0.5) is 26.3 Å². The Kier molecular flexibility index (Phi) is 6.63. The number of carbonyl (C=O) groups excluding carboxylic acids is 1. The van der Waals surface area contributed by atoms with E-state index in [4.69, 9.17) is 0 Å². The summed E-state index contributed by atoms with van der Waals surface area (Å²) >= 11 is 0. The maximum Gasteiger partial charge on any atom is 0.293 e. The van der Waals surface area contributed by atoms with Gasteiger partial charge in [0.2, 0.25) is 0 Å². The van der Waals surface area contributed by atoms with Crippen LogP contribution in [0.3, 0.4) is 0 Å². The molecule has 0 spiro atoms. The Morgan fingerprint density at radius 1 is 1.07 bits per heavy atom. The fourth-order valence-corrected chi connectivity index (χ4v) is 6.66. The normalized spacial score (nSPS) is 18.9. The second-order valence-electron chi connectivity index (χ2n) is 11.6. The van der Waals surface area contributed by atoms with E-state index in [1.54, 1.807) is 24.0 Å². The molecule has 0 saturated heterocycles. The van der Waals surface area contributed by atoms with E-state index >= 15 is 8.78 Å². The van der Waals surface area contributed by atoms with Gasteiger partial charge in [0.05, 0.1) is 17.4 Å². The second kappa shape index (κ2) is 10.3. The molecule has 0 amide bonds. The lowest BCUT2D eigenvalue weighted by molar-refractivity contribution is -0.120. The van der Waals surface area contributed by atoms with Crippen molar-refractivity contribution < 1.29 is 31.1 Å². The van der Waals surface area contributed by atoms with Gasteiger partial charge in [-0.2, -0.15) is 19.0 Å². The summed E-state index contributed by atoms with van der Waals surface area (Å²) in [5.41, 5.74) is 1.53. The molecule has 1 fully saturated rings. The highest BCUT2D eigenvalue weighted by molar-refractivity contribution is 5.85. The van der Waals surface area contributed by atoms with Crippen LogP contribution in [-0.4, -0.2) is 30.3 Å². The van der Waals surface area contributed by atoms with E-state index in [0.717, 1.165) is 39.3 Å². The molecule has 3 aromatic heterocycles. The van der Waals surface area contributed by atoms with Gasteiger partial charge in [-0.3, -0.25) is 19.1 Å². The molecule has 0 aliphatic heterocycles. The molecule has 0 bridgehead atoms. The van der Waals surface area contributed by atoms with Crippen molar-refractivity contribution in [1.29, 1.82) is 0 Å². The lowest BCUT2D eigenvalue weighted by atomic mass is 9.86. The maximum atomic E-state index is 15.1. The van der Waals surface area contributed by atoms with Crippen molar-refractivity contribution in [3.8, 4) is 11.1 Å². The van der Waals surface area contributed by atoms with E-state index in [0.29, 0.717) is 11.3 Å². The lowest BCUT2D eigenvalue weighted by Crippen LogP contribution is -2.24. The van der Waals surface area contributed by atoms with Gasteiger partial charge in [-0.05, 0) is 54.2 Å². The Balaban J connectivity index is 1.26. The minimum absolute atomic E-state index is 0.00179. The van der Waals surface area contributed by atoms with Crippen molar-refractivity contribution in [2.75, 3.05) is 0 Å². The number of halogens is 6. The van der Waals surface area contributed by atoms with Crippen molar-refractivity contribution in [2.24, 2.45) is 13.0 Å². The monoisotopic (exact) mass is 609 g/mol. The molecule has 5 aromatic rings. The van der Waals surface area contributed by atoms with Crippen LogP contribution in [0.25, 0.3) is 22.0 Å². The van der Waals surface area contributed by atoms with Crippen LogP contribution in [-0.2, 0) is 30.7 Å². The topological polar surface area (TPSA) is 65.6 Å². The van der Waals surface area contributed by atoms with Gasteiger partial charge in [0.1, 0.15) is 29.6 Å². The number of hydrogen-bond donors (Lipinski definition) is 0. The molecule has 226 valence electrons. The van der Waals surface area contributed by atoms with Crippen molar-refractivity contribution in [1.82, 2.24) is 24.5 Å². The van der Waals surface area contributed by atoms with Gasteiger partial charge in [-0.15, -0.1) is 0 Å². The number of carbonyl (C=O) groups is 1. The number of alkyl halides is 4. The third-order valence-corrected chi connectivity index (χ3v) is 8.66. The molecule has 0 N–H and O–H groups in total. The molecule has 1 saturated carbocycles. The fourth-order valence-electron chi connectivity index (χ4n) is 6.66. The first-order valence-corrected chi connectivity index (χ1v) is 14.1. The number of hydrogen-bond acceptors (Lipinski definition) is 4. The van der Waals surface area contributed by atoms with Gasteiger partial charge in [0, 0.05) is 54.1 Å². The van der Waals surface area contributed by atoms with E-state index < -0.39 is 65.5 Å². The molecular formula is C32H25F6N5O. The Morgan fingerprint density at radius 2 is 1.84 bits per heavy atom. The van der Waals surface area contributed by atoms with Crippen molar-refractivity contribution >= 4 is 16.7 Å². The molecule has 0 radical (unpaired) electrons. The van der Waals surface area contributed by atoms with Crippen LogP contribution in [0.2, 0.25) is 0 Å². The number of aryl methyl sites for hydroxylation is 1. The summed E-state index contributed by atoms with van der Waals surface area (Å²) in [5, 5.41) is 8.95. The average Bonchev–Trinajstić information content (AvgIpc) is 3.48. The molecule has 2 unspecified atom stereocenters. The first-order valence-electron chi connectivity index (χ1n) is 14.1. The third kappa shape index (κ3) is 4.76. The quantitative estimate of drug-likeness (QED) is 0.165. The zero-order valence-corrected chi connectivity index (χ0v) is 23.3. The van der Waals surface area contributed by atoms with Crippen LogP contribution < -0.4 is 0 Å². The van der Waals surface area contributed by atoms with Crippen LogP contribution in [0.1, 0.15) is 59.3 Å². The summed E-state index contributed by atoms with van der Waals surface area (Å²) in [4.78, 5) is 18.1. The highest BCUT2D eigenvalue weighted by atomic mass is 19.3. The van der Waals surface area contributed by atoms with E-state index in [1.807, 2.05) is 24.3 Å². The Labute approximate surface area is 247 Å². The second-order valence-corrected chi connectivity index (χ2v) is 11.6. The molecule has 2 aliphatic rings. The molecule has 44 heavy (non-hydrogen) atoms. The van der Waals surface area contributed by atoms with Crippen LogP contribution in [0.5, 0.6) is 0 Å². The van der Waals surface area contributed by atoms with E-state index in [2.05, 4.69) is 15.2 Å². The number of pyridine rings is 1. The Bertz CT molecular complexity index is 1910. The third-order valence-electron chi connectivity index (χ3n) is 8.66. The number of aromatic nitrogens is 5. The molecule has 3 heterocycles. The highest BCUT2D eigenvalue weighted by Gasteiger charge is 2.67. The van der Waals surface area contributed by atoms with Gasteiger partial charge in [0.15, 0.2) is 5.78 Å². The van der Waals surface area contributed by atoms with Gasteiger partial charge < -0.3 is 0 Å². The van der Waals surface area contributed by atoms with Gasteiger partial charge in [-0.25, -0.2) is 17.6 Å². The van der Waals surface area contributed by atoms with Gasteiger partial charge >= 0.3 is 0 Å². The van der Waals surface area contributed by atoms with Gasteiger partial charge in [-0.1, -0.05) is 18.2 Å². The minimum atomic E-state index is -3.36. The zero-order valence-electron chi connectivity index (χ0n) is 23.3. The van der Waals surface area contributed by atoms with E-state index in [9.17, 15) is 22.4 Å². The average molecular weight is 610 g/mol. The smallest absolute Gasteiger partial charge is 0.293 e. The number of Topliss-reactive ketones (excluding diaryl/α,β-unsaturated/α-hetero) is 1. The van der Waals surface area contributed by atoms with Crippen molar-refractivity contribution in [2.45, 2.75) is 50.0 Å². The number of fused-ring (bicyclic) bond motifs is 4. The Hall–Kier alpha value is -4.48. The molecule has 6 nitrogen and oxygen atoms in total. The predicted molar refractivity (Wildman–Crippen MR) is 148 cm³/mol. The van der Waals surface area contributed by atoms with Gasteiger partial charge in [0.25, 0.3) is 12.3 Å². The SMILES string of the molecule is Cn1ncc2ccc(-c3cccnc3[C@@H](CC(=O)Cn3nc(C(F)F)c4c3C(F)(F)C3CC43)Cc3cc(F)cc(F)c3)cc21. The predicted octanol–water partition coefficient (Wildman–Crippen LogP) is 7.24. The van der Waals surface area contributed by atoms with Crippen molar-refractivity contribution in [3.05, 3.63) is 101 Å². The summed E-state index contributed by atoms with van der Waals surface area (Å²) in [7, 11) is 1.80. The summed E-state index contributed by atoms with van der Waals surface area (Å²) in [6.45, 7) is -0.652. The summed E-state index contributed by atoms with van der Waals surface area (Å²) < 4.78 is 88.5. The number of ketones is 1. The molecule has 3 atom stereocenters. The first-order chi connectivity index (χ1) is 21.0. The minimum Gasteiger partial charge on any atom is -0.298 e. The highest BCUT2D eigenvalue weighted by Crippen LogP contribution is 2.68. The van der Waals surface area contributed by atoms with E-state index in [-0.39, 0.29) is 30.4 Å². The number of benzene rings is 2. The van der Waals surface area contributed by atoms with Crippen LogP contribution in [0.15, 0.2) is 60.9 Å². The van der Waals surface area contributed by atoms with Crippen LogP contribution in [0, 0.1) is 17.6 Å². The lowest BCUT2D eigenvalue weighted by Gasteiger charge is -2.21. The van der Waals surface area contributed by atoms with E-state index in [1.165, 1.54) is 6.20 Å². The number of nitrogens with zero attached hydrogens (tertiary/aromatic N) is 5. The van der Waals surface area contributed by atoms with Crippen LogP contribution >= 0.6 is 0 Å². The van der Waals surface area contributed by atoms with Crippen molar-refractivity contribution in [3.63, 3.8) is 0 Å². The molecular weight excluding hydrogens is 584 g/mol. The summed E-state index contributed by atoms with van der Waals surface area (Å²) in [6.07, 6.45) is 0.0395. The molecule has 2 aromatic carbocycles. The standard InChI is InChI=1S/C32H25F6N5O/c1-42-26-11-17(4-5-18(26)14-40-42)23-3-2-6-39-28(23)19(7-16-8-20(33)12-21(34)9-16)10-22(44)15-43-30-27(29(41-43)31(35)36)24-13-25(24)32(30,37)38/h2-6,8-9,11-12,14,19,24-25,31H,7,10,13,15H2,1H3/t19-,24?,25?/m1/s1. The molecule has 12 heteroatoms.